The molecule has 0 aliphatic rings. The molecule has 0 amide bonds. The highest BCUT2D eigenvalue weighted by atomic mass is 16.1. The number of Topliss-reactive ketones (excluding diaryl/α,β-unsaturated/α-hetero) is 1. The second-order valence-corrected chi connectivity index (χ2v) is 3.38. The van der Waals surface area contributed by atoms with E-state index in [1.54, 1.807) is 25.1 Å². The average molecular weight is 201 g/mol. The maximum Gasteiger partial charge on any atom is 0.256 e. The summed E-state index contributed by atoms with van der Waals surface area (Å²) >= 11 is 0. The molecule has 0 spiro atoms. The molecule has 2 aromatic rings. The van der Waals surface area contributed by atoms with Crippen LogP contribution < -0.4 is 5.56 Å². The summed E-state index contributed by atoms with van der Waals surface area (Å²) in [4.78, 5) is 25.6. The van der Waals surface area contributed by atoms with Gasteiger partial charge in [0.25, 0.3) is 5.56 Å². The minimum Gasteiger partial charge on any atom is -0.319 e. The molecule has 3 nitrogen and oxygen atoms in total. The molecule has 0 unspecified atom stereocenters. The molecule has 0 bridgehead atoms. The van der Waals surface area contributed by atoms with Crippen molar-refractivity contribution >= 4 is 16.6 Å². The minimum absolute atomic E-state index is 0.0437. The molecule has 0 aliphatic heterocycles. The van der Waals surface area contributed by atoms with Gasteiger partial charge in [0, 0.05) is 11.8 Å². The lowest BCUT2D eigenvalue weighted by atomic mass is 10.1. The minimum atomic E-state index is -0.204. The standard InChI is InChI=1S/C12H11NO2/c1-2-11(14)10-7-8-5-3-4-6-9(8)12(15)13-10/h3-7H,2H2,1H3,(H,13,15). The summed E-state index contributed by atoms with van der Waals surface area (Å²) in [5.41, 5.74) is 0.186. The number of nitrogens with one attached hydrogen (secondary N) is 1. The first-order valence-electron chi connectivity index (χ1n) is 4.87. The fraction of sp³-hybridized carbons (Fsp3) is 0.167. The second-order valence-electron chi connectivity index (χ2n) is 3.38. The number of ketones is 1. The normalized spacial score (nSPS) is 10.5. The van der Waals surface area contributed by atoms with Crippen molar-refractivity contribution < 1.29 is 4.79 Å². The van der Waals surface area contributed by atoms with Crippen LogP contribution in [0.5, 0.6) is 0 Å². The van der Waals surface area contributed by atoms with E-state index in [1.807, 2.05) is 12.1 Å². The van der Waals surface area contributed by atoms with Crippen molar-refractivity contribution in [2.75, 3.05) is 0 Å². The number of carbonyl (C=O) groups excluding carboxylic acids is 1. The number of rotatable bonds is 2. The summed E-state index contributed by atoms with van der Waals surface area (Å²) in [5.74, 6) is -0.0437. The summed E-state index contributed by atoms with van der Waals surface area (Å²) in [6, 6.07) is 8.95. The monoisotopic (exact) mass is 201 g/mol. The Hall–Kier alpha value is -1.90. The highest BCUT2D eigenvalue weighted by Crippen LogP contribution is 2.10. The van der Waals surface area contributed by atoms with Gasteiger partial charge in [0.15, 0.2) is 5.78 Å². The van der Waals surface area contributed by atoms with Crippen molar-refractivity contribution in [3.63, 3.8) is 0 Å². The van der Waals surface area contributed by atoms with Crippen LogP contribution in [0, 0.1) is 0 Å². The highest BCUT2D eigenvalue weighted by Gasteiger charge is 2.06. The molecule has 0 atom stereocenters. The van der Waals surface area contributed by atoms with E-state index in [4.69, 9.17) is 0 Å². The van der Waals surface area contributed by atoms with Crippen molar-refractivity contribution in [2.24, 2.45) is 0 Å². The summed E-state index contributed by atoms with van der Waals surface area (Å²) in [5, 5.41) is 1.42. The van der Waals surface area contributed by atoms with E-state index >= 15 is 0 Å². The van der Waals surface area contributed by atoms with Gasteiger partial charge in [0.2, 0.25) is 0 Å². The Morgan fingerprint density at radius 3 is 2.80 bits per heavy atom. The van der Waals surface area contributed by atoms with Crippen LogP contribution in [0.15, 0.2) is 35.1 Å². The Bertz CT molecular complexity index is 569. The molecule has 3 heteroatoms. The van der Waals surface area contributed by atoms with Crippen LogP contribution in [0.4, 0.5) is 0 Å². The maximum atomic E-state index is 11.6. The molecule has 1 aromatic carbocycles. The first-order valence-corrected chi connectivity index (χ1v) is 4.87. The van der Waals surface area contributed by atoms with Crippen molar-refractivity contribution in [2.45, 2.75) is 13.3 Å². The number of hydrogen-bond donors (Lipinski definition) is 1. The molecule has 1 aromatic heterocycles. The molecule has 0 fully saturated rings. The molecular formula is C12H11NO2. The third kappa shape index (κ3) is 1.68. The van der Waals surface area contributed by atoms with Crippen molar-refractivity contribution in [3.8, 4) is 0 Å². The number of aromatic nitrogens is 1. The molecule has 0 saturated carbocycles. The predicted molar refractivity (Wildman–Crippen MR) is 59.2 cm³/mol. The molecule has 76 valence electrons. The molecule has 1 N–H and O–H groups in total. The van der Waals surface area contributed by atoms with Gasteiger partial charge < -0.3 is 4.98 Å². The third-order valence-corrected chi connectivity index (χ3v) is 2.37. The lowest BCUT2D eigenvalue weighted by Gasteiger charge is -2.00. The Balaban J connectivity index is 2.73. The smallest absolute Gasteiger partial charge is 0.256 e. The third-order valence-electron chi connectivity index (χ3n) is 2.37. The van der Waals surface area contributed by atoms with Crippen LogP contribution in [0.25, 0.3) is 10.8 Å². The number of fused-ring (bicyclic) bond motifs is 1. The first-order chi connectivity index (χ1) is 7.22. The molecule has 2 rings (SSSR count). The molecule has 0 saturated heterocycles. The fourth-order valence-corrected chi connectivity index (χ4v) is 1.55. The van der Waals surface area contributed by atoms with Crippen molar-refractivity contribution in [3.05, 3.63) is 46.4 Å². The first kappa shape index (κ1) is 9.65. The highest BCUT2D eigenvalue weighted by molar-refractivity contribution is 5.97. The molecule has 15 heavy (non-hydrogen) atoms. The van der Waals surface area contributed by atoms with Gasteiger partial charge in [0.1, 0.15) is 0 Å². The van der Waals surface area contributed by atoms with E-state index in [1.165, 1.54) is 0 Å². The van der Waals surface area contributed by atoms with E-state index in [0.717, 1.165) is 5.39 Å². The summed E-state index contributed by atoms with van der Waals surface area (Å²) in [7, 11) is 0. The number of hydrogen-bond acceptors (Lipinski definition) is 2. The molecule has 1 heterocycles. The Morgan fingerprint density at radius 2 is 2.07 bits per heavy atom. The molecule has 0 radical (unpaired) electrons. The summed E-state index contributed by atoms with van der Waals surface area (Å²) < 4.78 is 0. The van der Waals surface area contributed by atoms with Crippen molar-refractivity contribution in [1.29, 1.82) is 0 Å². The van der Waals surface area contributed by atoms with E-state index < -0.39 is 0 Å². The summed E-state index contributed by atoms with van der Waals surface area (Å²) in [6.07, 6.45) is 0.397. The van der Waals surface area contributed by atoms with Crippen LogP contribution in [0.3, 0.4) is 0 Å². The van der Waals surface area contributed by atoms with Gasteiger partial charge in [-0.15, -0.1) is 0 Å². The SMILES string of the molecule is CCC(=O)c1cc2ccccc2c(=O)[nH]1. The van der Waals surface area contributed by atoms with E-state index in [-0.39, 0.29) is 11.3 Å². The quantitative estimate of drug-likeness (QED) is 0.756. The topological polar surface area (TPSA) is 49.9 Å². The lowest BCUT2D eigenvalue weighted by Crippen LogP contribution is -2.12. The van der Waals surface area contributed by atoms with Gasteiger partial charge in [-0.2, -0.15) is 0 Å². The van der Waals surface area contributed by atoms with Crippen LogP contribution in [0.2, 0.25) is 0 Å². The zero-order valence-corrected chi connectivity index (χ0v) is 8.41. The molecule has 0 aliphatic carbocycles. The zero-order valence-electron chi connectivity index (χ0n) is 8.41. The van der Waals surface area contributed by atoms with Crippen LogP contribution in [-0.2, 0) is 0 Å². The number of carbonyl (C=O) groups is 1. The number of pyridine rings is 1. The van der Waals surface area contributed by atoms with E-state index in [0.29, 0.717) is 17.5 Å². The van der Waals surface area contributed by atoms with Gasteiger partial charge in [0.05, 0.1) is 5.69 Å². The number of benzene rings is 1. The molecular weight excluding hydrogens is 190 g/mol. The lowest BCUT2D eigenvalue weighted by molar-refractivity contribution is 0.0983. The zero-order chi connectivity index (χ0) is 10.8. The average Bonchev–Trinajstić information content (AvgIpc) is 2.28. The maximum absolute atomic E-state index is 11.6. The number of aromatic amines is 1. The Kier molecular flexibility index (Phi) is 2.37. The van der Waals surface area contributed by atoms with Gasteiger partial charge in [-0.1, -0.05) is 25.1 Å². The van der Waals surface area contributed by atoms with Crippen molar-refractivity contribution in [1.82, 2.24) is 4.98 Å². The number of H-pyrrole nitrogens is 1. The van der Waals surface area contributed by atoms with Crippen LogP contribution in [0.1, 0.15) is 23.8 Å². The van der Waals surface area contributed by atoms with E-state index in [2.05, 4.69) is 4.98 Å². The Morgan fingerprint density at radius 1 is 1.33 bits per heavy atom. The van der Waals surface area contributed by atoms with Gasteiger partial charge in [-0.3, -0.25) is 9.59 Å². The van der Waals surface area contributed by atoms with E-state index in [9.17, 15) is 9.59 Å². The van der Waals surface area contributed by atoms with Crippen LogP contribution >= 0.6 is 0 Å². The second kappa shape index (κ2) is 3.69. The van der Waals surface area contributed by atoms with Gasteiger partial charge in [-0.25, -0.2) is 0 Å². The van der Waals surface area contributed by atoms with Crippen LogP contribution in [-0.4, -0.2) is 10.8 Å². The Labute approximate surface area is 86.8 Å². The van der Waals surface area contributed by atoms with Gasteiger partial charge >= 0.3 is 0 Å². The summed E-state index contributed by atoms with van der Waals surface area (Å²) in [6.45, 7) is 1.77. The largest absolute Gasteiger partial charge is 0.319 e. The fourth-order valence-electron chi connectivity index (χ4n) is 1.55. The van der Waals surface area contributed by atoms with Gasteiger partial charge in [-0.05, 0) is 17.5 Å². The predicted octanol–water partition coefficient (Wildman–Crippen LogP) is 2.12.